The van der Waals surface area contributed by atoms with Gasteiger partial charge in [-0.3, -0.25) is 0 Å². The van der Waals surface area contributed by atoms with E-state index < -0.39 is 23.6 Å². The van der Waals surface area contributed by atoms with E-state index in [1.54, 1.807) is 30.3 Å². The number of para-hydroxylation sites is 1. The fraction of sp³-hybridized carbons (Fsp3) is 0.0714. The van der Waals surface area contributed by atoms with Gasteiger partial charge in [-0.25, -0.2) is 4.79 Å². The first-order valence-corrected chi connectivity index (χ1v) is 5.56. The molecule has 0 saturated heterocycles. The Morgan fingerprint density at radius 1 is 1.00 bits per heavy atom. The van der Waals surface area contributed by atoms with Crippen LogP contribution in [-0.2, 0) is 0 Å². The molecule has 0 spiro atoms. The van der Waals surface area contributed by atoms with Crippen LogP contribution in [0.3, 0.4) is 0 Å². The van der Waals surface area contributed by atoms with E-state index in [0.717, 1.165) is 6.07 Å². The Labute approximate surface area is 112 Å². The Morgan fingerprint density at radius 3 is 2.20 bits per heavy atom. The van der Waals surface area contributed by atoms with Gasteiger partial charge in [0.15, 0.2) is 5.75 Å². The predicted octanol–water partition coefficient (Wildman–Crippen LogP) is 3.95. The highest BCUT2D eigenvalue weighted by molar-refractivity contribution is 5.94. The summed E-state index contributed by atoms with van der Waals surface area (Å²) in [5.41, 5.74) is -0.0265. The van der Waals surface area contributed by atoms with Crippen LogP contribution >= 0.6 is 0 Å². The molecule has 2 aromatic carbocycles. The van der Waals surface area contributed by atoms with E-state index in [4.69, 9.17) is 5.11 Å². The maximum absolute atomic E-state index is 12.5. The van der Waals surface area contributed by atoms with Crippen molar-refractivity contribution in [2.75, 3.05) is 0 Å². The summed E-state index contributed by atoms with van der Waals surface area (Å²) < 4.78 is 41.3. The molecule has 0 aromatic heterocycles. The number of alkyl halides is 3. The molecule has 2 aromatic rings. The van der Waals surface area contributed by atoms with Crippen LogP contribution in [0.2, 0.25) is 0 Å². The number of benzene rings is 2. The zero-order valence-electron chi connectivity index (χ0n) is 10.0. The smallest absolute Gasteiger partial charge is 0.478 e. The third-order valence-electron chi connectivity index (χ3n) is 2.55. The molecular weight excluding hydrogens is 273 g/mol. The van der Waals surface area contributed by atoms with Gasteiger partial charge in [-0.05, 0) is 11.6 Å². The third kappa shape index (κ3) is 3.09. The van der Waals surface area contributed by atoms with E-state index in [0.29, 0.717) is 5.56 Å². The number of carboxylic acids is 1. The first kappa shape index (κ1) is 13.9. The summed E-state index contributed by atoms with van der Waals surface area (Å²) in [5, 5.41) is 8.99. The van der Waals surface area contributed by atoms with Crippen LogP contribution in [-0.4, -0.2) is 17.4 Å². The minimum atomic E-state index is -4.96. The fourth-order valence-corrected chi connectivity index (χ4v) is 1.78. The third-order valence-corrected chi connectivity index (χ3v) is 2.55. The van der Waals surface area contributed by atoms with E-state index in [1.807, 2.05) is 0 Å². The summed E-state index contributed by atoms with van der Waals surface area (Å²) in [6, 6.07) is 11.9. The van der Waals surface area contributed by atoms with Gasteiger partial charge in [-0.2, -0.15) is 0 Å². The quantitative estimate of drug-likeness (QED) is 0.927. The molecule has 3 nitrogen and oxygen atoms in total. The SMILES string of the molecule is O=C(O)c1cccc(-c2ccccc2)c1OC(F)(F)F. The lowest BCUT2D eigenvalue weighted by atomic mass is 10.0. The lowest BCUT2D eigenvalue weighted by molar-refractivity contribution is -0.274. The number of carbonyl (C=O) groups is 1. The minimum Gasteiger partial charge on any atom is -0.478 e. The van der Waals surface area contributed by atoms with Crippen LogP contribution in [0.5, 0.6) is 5.75 Å². The van der Waals surface area contributed by atoms with Gasteiger partial charge < -0.3 is 9.84 Å². The number of halogens is 3. The van der Waals surface area contributed by atoms with Crippen LogP contribution < -0.4 is 4.74 Å². The average Bonchev–Trinajstić information content (AvgIpc) is 2.38. The molecule has 2 rings (SSSR count). The molecule has 0 atom stereocenters. The van der Waals surface area contributed by atoms with E-state index in [1.165, 1.54) is 12.1 Å². The highest BCUT2D eigenvalue weighted by Crippen LogP contribution is 2.36. The minimum absolute atomic E-state index is 0.0721. The van der Waals surface area contributed by atoms with Gasteiger partial charge in [0, 0.05) is 5.56 Å². The predicted molar refractivity (Wildman–Crippen MR) is 65.5 cm³/mol. The summed E-state index contributed by atoms with van der Waals surface area (Å²) in [6.45, 7) is 0. The van der Waals surface area contributed by atoms with Gasteiger partial charge in [0.25, 0.3) is 0 Å². The maximum atomic E-state index is 12.5. The van der Waals surface area contributed by atoms with Crippen molar-refractivity contribution < 1.29 is 27.8 Å². The van der Waals surface area contributed by atoms with E-state index in [-0.39, 0.29) is 5.56 Å². The lowest BCUT2D eigenvalue weighted by Gasteiger charge is -2.15. The van der Waals surface area contributed by atoms with Crippen molar-refractivity contribution in [3.05, 3.63) is 54.1 Å². The van der Waals surface area contributed by atoms with Crippen molar-refractivity contribution in [1.29, 1.82) is 0 Å². The zero-order valence-corrected chi connectivity index (χ0v) is 10.0. The van der Waals surface area contributed by atoms with E-state index >= 15 is 0 Å². The first-order valence-electron chi connectivity index (χ1n) is 5.56. The van der Waals surface area contributed by atoms with Crippen LogP contribution in [0.4, 0.5) is 13.2 Å². The van der Waals surface area contributed by atoms with Crippen molar-refractivity contribution in [2.45, 2.75) is 6.36 Å². The topological polar surface area (TPSA) is 46.5 Å². The molecular formula is C14H9F3O3. The number of hydrogen-bond acceptors (Lipinski definition) is 2. The van der Waals surface area contributed by atoms with Gasteiger partial charge >= 0.3 is 12.3 Å². The first-order chi connectivity index (χ1) is 9.38. The van der Waals surface area contributed by atoms with Crippen LogP contribution in [0.1, 0.15) is 10.4 Å². The molecule has 0 aliphatic rings. The van der Waals surface area contributed by atoms with Crippen LogP contribution in [0, 0.1) is 0 Å². The summed E-state index contributed by atoms with van der Waals surface area (Å²) in [5.74, 6) is -2.19. The number of ether oxygens (including phenoxy) is 1. The largest absolute Gasteiger partial charge is 0.573 e. The molecule has 20 heavy (non-hydrogen) atoms. The Balaban J connectivity index is 2.62. The molecule has 0 amide bonds. The number of aromatic carboxylic acids is 1. The Morgan fingerprint density at radius 2 is 1.65 bits per heavy atom. The number of hydrogen-bond donors (Lipinski definition) is 1. The normalized spacial score (nSPS) is 11.2. The molecule has 0 heterocycles. The molecule has 1 N–H and O–H groups in total. The molecule has 0 aliphatic heterocycles. The molecule has 104 valence electrons. The Bertz CT molecular complexity index is 621. The standard InChI is InChI=1S/C14H9F3O3/c15-14(16,17)20-12-10(9-5-2-1-3-6-9)7-4-8-11(12)13(18)19/h1-8H,(H,18,19). The van der Waals surface area contributed by atoms with Crippen molar-refractivity contribution in [2.24, 2.45) is 0 Å². The Hall–Kier alpha value is -2.50. The van der Waals surface area contributed by atoms with Gasteiger partial charge in [0.1, 0.15) is 5.56 Å². The molecule has 0 fully saturated rings. The second-order valence-corrected chi connectivity index (χ2v) is 3.90. The highest BCUT2D eigenvalue weighted by atomic mass is 19.4. The Kier molecular flexibility index (Phi) is 3.65. The maximum Gasteiger partial charge on any atom is 0.573 e. The molecule has 0 bridgehead atoms. The van der Waals surface area contributed by atoms with Crippen molar-refractivity contribution in [3.63, 3.8) is 0 Å². The molecule has 0 saturated carbocycles. The van der Waals surface area contributed by atoms with Crippen LogP contribution in [0.25, 0.3) is 11.1 Å². The average molecular weight is 282 g/mol. The molecule has 0 radical (unpaired) electrons. The number of rotatable bonds is 3. The molecule has 0 unspecified atom stereocenters. The van der Waals surface area contributed by atoms with Crippen LogP contribution in [0.15, 0.2) is 48.5 Å². The number of carboxylic acid groups (broad SMARTS) is 1. The van der Waals surface area contributed by atoms with Gasteiger partial charge in [0.2, 0.25) is 0 Å². The second-order valence-electron chi connectivity index (χ2n) is 3.90. The molecule has 0 aliphatic carbocycles. The summed E-state index contributed by atoms with van der Waals surface area (Å²) >= 11 is 0. The zero-order chi connectivity index (χ0) is 14.8. The van der Waals surface area contributed by atoms with Gasteiger partial charge in [0.05, 0.1) is 0 Å². The van der Waals surface area contributed by atoms with Gasteiger partial charge in [-0.1, -0.05) is 42.5 Å². The highest BCUT2D eigenvalue weighted by Gasteiger charge is 2.34. The monoisotopic (exact) mass is 282 g/mol. The van der Waals surface area contributed by atoms with E-state index in [2.05, 4.69) is 4.74 Å². The van der Waals surface area contributed by atoms with Gasteiger partial charge in [-0.15, -0.1) is 13.2 Å². The summed E-state index contributed by atoms with van der Waals surface area (Å²) in [7, 11) is 0. The van der Waals surface area contributed by atoms with E-state index in [9.17, 15) is 18.0 Å². The lowest BCUT2D eigenvalue weighted by Crippen LogP contribution is -2.19. The van der Waals surface area contributed by atoms with Crippen molar-refractivity contribution >= 4 is 5.97 Å². The van der Waals surface area contributed by atoms with Crippen molar-refractivity contribution in [3.8, 4) is 16.9 Å². The summed E-state index contributed by atoms with van der Waals surface area (Å²) in [6.07, 6.45) is -4.96. The van der Waals surface area contributed by atoms with Crippen molar-refractivity contribution in [1.82, 2.24) is 0 Å². The fourth-order valence-electron chi connectivity index (χ4n) is 1.78. The summed E-state index contributed by atoms with van der Waals surface area (Å²) in [4.78, 5) is 11.0. The molecule has 6 heteroatoms. The second kappa shape index (κ2) is 5.24.